The van der Waals surface area contributed by atoms with E-state index in [2.05, 4.69) is 37.8 Å². The molecule has 1 aliphatic heterocycles. The molecule has 2 atom stereocenters. The number of hydrogen-bond donors (Lipinski definition) is 1. The van der Waals surface area contributed by atoms with E-state index in [1.165, 1.54) is 30.6 Å². The maximum atomic E-state index is 5.80. The summed E-state index contributed by atoms with van der Waals surface area (Å²) in [6, 6.07) is 6.90. The van der Waals surface area contributed by atoms with Crippen molar-refractivity contribution < 1.29 is 0 Å². The highest BCUT2D eigenvalue weighted by atomic mass is 15.2. The minimum Gasteiger partial charge on any atom is -0.399 e. The van der Waals surface area contributed by atoms with Crippen molar-refractivity contribution in [1.29, 1.82) is 0 Å². The van der Waals surface area contributed by atoms with Crippen molar-refractivity contribution in [3.8, 4) is 0 Å². The highest BCUT2D eigenvalue weighted by Crippen LogP contribution is 2.30. The molecule has 1 heterocycles. The Hall–Kier alpha value is -1.18. The summed E-state index contributed by atoms with van der Waals surface area (Å²) in [7, 11) is 0. The minimum atomic E-state index is 0.651. The van der Waals surface area contributed by atoms with Gasteiger partial charge in [-0.1, -0.05) is 6.92 Å². The molecule has 1 fully saturated rings. The molecule has 1 aromatic rings. The Balaban J connectivity index is 2.28. The van der Waals surface area contributed by atoms with E-state index in [-0.39, 0.29) is 0 Å². The van der Waals surface area contributed by atoms with Crippen LogP contribution in [0.15, 0.2) is 18.2 Å². The number of nitrogen functional groups attached to an aromatic ring is 1. The van der Waals surface area contributed by atoms with Crippen LogP contribution in [0.2, 0.25) is 0 Å². The van der Waals surface area contributed by atoms with Gasteiger partial charge in [0.15, 0.2) is 0 Å². The van der Waals surface area contributed by atoms with Gasteiger partial charge in [0.1, 0.15) is 0 Å². The Kier molecular flexibility index (Phi) is 3.08. The molecule has 88 valence electrons. The van der Waals surface area contributed by atoms with Crippen molar-refractivity contribution in [2.24, 2.45) is 5.92 Å². The fourth-order valence-electron chi connectivity index (χ4n) is 2.63. The highest BCUT2D eigenvalue weighted by Gasteiger charge is 2.23. The molecule has 16 heavy (non-hydrogen) atoms. The molecule has 0 spiro atoms. The van der Waals surface area contributed by atoms with Gasteiger partial charge in [0.25, 0.3) is 0 Å². The zero-order valence-electron chi connectivity index (χ0n) is 10.5. The number of benzene rings is 1. The van der Waals surface area contributed by atoms with Crippen molar-refractivity contribution in [3.63, 3.8) is 0 Å². The van der Waals surface area contributed by atoms with Crippen LogP contribution in [0.25, 0.3) is 0 Å². The number of hydrogen-bond acceptors (Lipinski definition) is 2. The molecule has 0 aromatic heterocycles. The summed E-state index contributed by atoms with van der Waals surface area (Å²) in [5.41, 5.74) is 9.31. The van der Waals surface area contributed by atoms with E-state index < -0.39 is 0 Å². The minimum absolute atomic E-state index is 0.651. The van der Waals surface area contributed by atoms with E-state index in [0.29, 0.717) is 6.04 Å². The topological polar surface area (TPSA) is 29.3 Å². The molecule has 0 radical (unpaired) electrons. The average molecular weight is 218 g/mol. The number of piperidine rings is 1. The van der Waals surface area contributed by atoms with E-state index >= 15 is 0 Å². The smallest absolute Gasteiger partial charge is 0.0399 e. The molecule has 0 aliphatic carbocycles. The van der Waals surface area contributed by atoms with Crippen LogP contribution >= 0.6 is 0 Å². The fourth-order valence-corrected chi connectivity index (χ4v) is 2.63. The van der Waals surface area contributed by atoms with Crippen LogP contribution in [-0.2, 0) is 0 Å². The number of nitrogens with zero attached hydrogens (tertiary/aromatic N) is 1. The van der Waals surface area contributed by atoms with Gasteiger partial charge < -0.3 is 10.6 Å². The van der Waals surface area contributed by atoms with Crippen molar-refractivity contribution in [2.75, 3.05) is 17.2 Å². The van der Waals surface area contributed by atoms with Crippen molar-refractivity contribution in [1.82, 2.24) is 0 Å². The van der Waals surface area contributed by atoms with Gasteiger partial charge in [-0.3, -0.25) is 0 Å². The Morgan fingerprint density at radius 3 is 2.69 bits per heavy atom. The molecular formula is C14H22N2. The maximum absolute atomic E-state index is 5.80. The van der Waals surface area contributed by atoms with Crippen LogP contribution in [-0.4, -0.2) is 12.6 Å². The van der Waals surface area contributed by atoms with Crippen molar-refractivity contribution in [3.05, 3.63) is 23.8 Å². The number of aryl methyl sites for hydroxylation is 1. The van der Waals surface area contributed by atoms with E-state index in [1.54, 1.807) is 0 Å². The molecule has 2 rings (SSSR count). The summed E-state index contributed by atoms with van der Waals surface area (Å²) in [5.74, 6) is 0.799. The molecule has 2 unspecified atom stereocenters. The second-order valence-electron chi connectivity index (χ2n) is 5.23. The predicted molar refractivity (Wildman–Crippen MR) is 70.8 cm³/mol. The average Bonchev–Trinajstić information content (AvgIpc) is 2.22. The lowest BCUT2D eigenvalue weighted by molar-refractivity contribution is 0.390. The van der Waals surface area contributed by atoms with Crippen LogP contribution < -0.4 is 10.6 Å². The molecule has 1 saturated heterocycles. The SMILES string of the molecule is Cc1cc(N)ccc1N1CC(C)CCC1C. The number of nitrogens with two attached hydrogens (primary N) is 1. The Bertz CT molecular complexity index is 373. The lowest BCUT2D eigenvalue weighted by atomic mass is 9.94. The lowest BCUT2D eigenvalue weighted by Gasteiger charge is -2.39. The van der Waals surface area contributed by atoms with Crippen LogP contribution in [0, 0.1) is 12.8 Å². The van der Waals surface area contributed by atoms with E-state index in [0.717, 1.165) is 11.6 Å². The third-order valence-electron chi connectivity index (χ3n) is 3.65. The zero-order chi connectivity index (χ0) is 11.7. The summed E-state index contributed by atoms with van der Waals surface area (Å²) >= 11 is 0. The number of anilines is 2. The van der Waals surface area contributed by atoms with Crippen LogP contribution in [0.5, 0.6) is 0 Å². The normalized spacial score (nSPS) is 25.8. The zero-order valence-corrected chi connectivity index (χ0v) is 10.5. The molecular weight excluding hydrogens is 196 g/mol. The van der Waals surface area contributed by atoms with E-state index in [9.17, 15) is 0 Å². The maximum Gasteiger partial charge on any atom is 0.0399 e. The highest BCUT2D eigenvalue weighted by molar-refractivity contribution is 5.59. The molecule has 0 bridgehead atoms. The van der Waals surface area contributed by atoms with Crippen LogP contribution in [0.4, 0.5) is 11.4 Å². The van der Waals surface area contributed by atoms with Gasteiger partial charge in [0.05, 0.1) is 0 Å². The van der Waals surface area contributed by atoms with E-state index in [1.807, 2.05) is 6.07 Å². The first kappa shape index (κ1) is 11.3. The molecule has 1 aromatic carbocycles. The second kappa shape index (κ2) is 4.36. The quantitative estimate of drug-likeness (QED) is 0.733. The van der Waals surface area contributed by atoms with Gasteiger partial charge in [0.2, 0.25) is 0 Å². The standard InChI is InChI=1S/C14H22N2/c1-10-4-5-12(3)16(9-10)14-7-6-13(15)8-11(14)2/h6-8,10,12H,4-5,9,15H2,1-3H3. The third kappa shape index (κ3) is 2.16. The molecule has 0 amide bonds. The monoisotopic (exact) mass is 218 g/mol. The van der Waals surface area contributed by atoms with Gasteiger partial charge in [-0.15, -0.1) is 0 Å². The first-order chi connectivity index (χ1) is 7.58. The molecule has 2 N–H and O–H groups in total. The fraction of sp³-hybridized carbons (Fsp3) is 0.571. The summed E-state index contributed by atoms with van der Waals surface area (Å²) in [5, 5.41) is 0. The third-order valence-corrected chi connectivity index (χ3v) is 3.65. The van der Waals surface area contributed by atoms with Gasteiger partial charge in [-0.05, 0) is 56.4 Å². The van der Waals surface area contributed by atoms with Gasteiger partial charge >= 0.3 is 0 Å². The Labute approximate surface area is 98.4 Å². The molecule has 1 aliphatic rings. The van der Waals surface area contributed by atoms with Crippen LogP contribution in [0.1, 0.15) is 32.3 Å². The Morgan fingerprint density at radius 1 is 1.25 bits per heavy atom. The van der Waals surface area contributed by atoms with Gasteiger partial charge in [-0.2, -0.15) is 0 Å². The van der Waals surface area contributed by atoms with Gasteiger partial charge in [0, 0.05) is 24.0 Å². The van der Waals surface area contributed by atoms with Crippen molar-refractivity contribution in [2.45, 2.75) is 39.7 Å². The summed E-state index contributed by atoms with van der Waals surface area (Å²) in [6.07, 6.45) is 2.65. The van der Waals surface area contributed by atoms with Crippen molar-refractivity contribution >= 4 is 11.4 Å². The van der Waals surface area contributed by atoms with E-state index in [4.69, 9.17) is 5.73 Å². The molecule has 2 heteroatoms. The summed E-state index contributed by atoms with van der Waals surface area (Å²) in [6.45, 7) is 7.98. The van der Waals surface area contributed by atoms with Gasteiger partial charge in [-0.25, -0.2) is 0 Å². The first-order valence-electron chi connectivity index (χ1n) is 6.20. The predicted octanol–water partition coefficient (Wildman–Crippen LogP) is 3.20. The number of rotatable bonds is 1. The second-order valence-corrected chi connectivity index (χ2v) is 5.23. The summed E-state index contributed by atoms with van der Waals surface area (Å²) < 4.78 is 0. The largest absolute Gasteiger partial charge is 0.399 e. The molecule has 2 nitrogen and oxygen atoms in total. The Morgan fingerprint density at radius 2 is 2.00 bits per heavy atom. The van der Waals surface area contributed by atoms with Crippen LogP contribution in [0.3, 0.4) is 0 Å². The summed E-state index contributed by atoms with van der Waals surface area (Å²) in [4.78, 5) is 2.53. The lowest BCUT2D eigenvalue weighted by Crippen LogP contribution is -2.41. The molecule has 0 saturated carbocycles. The first-order valence-corrected chi connectivity index (χ1v) is 6.20.